The molecule has 0 radical (unpaired) electrons. The maximum absolute atomic E-state index is 12.2. The normalized spacial score (nSPS) is 11.7. The summed E-state index contributed by atoms with van der Waals surface area (Å²) in [6, 6.07) is 0. The van der Waals surface area contributed by atoms with Crippen LogP contribution >= 0.6 is 11.3 Å². The summed E-state index contributed by atoms with van der Waals surface area (Å²) in [5.41, 5.74) is 1.15. The minimum atomic E-state index is -0.598. The molecule has 1 aromatic rings. The van der Waals surface area contributed by atoms with Gasteiger partial charge in [0.2, 0.25) is 0 Å². The molecule has 1 rings (SSSR count). The van der Waals surface area contributed by atoms with Gasteiger partial charge >= 0.3 is 0 Å². The van der Waals surface area contributed by atoms with Gasteiger partial charge in [-0.15, -0.1) is 11.3 Å². The minimum absolute atomic E-state index is 0.170. The van der Waals surface area contributed by atoms with E-state index in [1.165, 1.54) is 11.3 Å². The van der Waals surface area contributed by atoms with Gasteiger partial charge in [-0.25, -0.2) is 0 Å². The molecule has 1 heterocycles. The molecule has 0 aromatic carbocycles. The summed E-state index contributed by atoms with van der Waals surface area (Å²) in [7, 11) is 0. The van der Waals surface area contributed by atoms with Crippen molar-refractivity contribution in [1.82, 2.24) is 4.98 Å². The highest BCUT2D eigenvalue weighted by Gasteiger charge is 2.35. The summed E-state index contributed by atoms with van der Waals surface area (Å²) in [4.78, 5) is 17.2. The van der Waals surface area contributed by atoms with Gasteiger partial charge in [0.15, 0.2) is 5.78 Å². The van der Waals surface area contributed by atoms with Crippen LogP contribution in [0.3, 0.4) is 0 Å². The largest absolute Gasteiger partial charge is 0.368 e. The van der Waals surface area contributed by atoms with Gasteiger partial charge in [0.05, 0.1) is 5.51 Å². The van der Waals surface area contributed by atoms with Gasteiger partial charge in [0, 0.05) is 24.1 Å². The first-order valence-corrected chi connectivity index (χ1v) is 6.61. The van der Waals surface area contributed by atoms with Gasteiger partial charge < -0.3 is 4.74 Å². The number of aromatic nitrogens is 1. The van der Waals surface area contributed by atoms with E-state index in [0.717, 1.165) is 17.7 Å². The Morgan fingerprint density at radius 3 is 2.56 bits per heavy atom. The number of hydrogen-bond acceptors (Lipinski definition) is 4. The van der Waals surface area contributed by atoms with E-state index < -0.39 is 5.60 Å². The molecule has 16 heavy (non-hydrogen) atoms. The Bertz CT molecular complexity index is 318. The zero-order chi connectivity index (χ0) is 12.0. The Labute approximate surface area is 101 Å². The first kappa shape index (κ1) is 13.3. The van der Waals surface area contributed by atoms with Crippen molar-refractivity contribution < 1.29 is 9.53 Å². The maximum atomic E-state index is 12.2. The van der Waals surface area contributed by atoms with Crippen molar-refractivity contribution in [3.05, 3.63) is 16.6 Å². The lowest BCUT2D eigenvalue weighted by molar-refractivity contribution is -0.144. The SMILES string of the molecule is CCOC(CC)(CC)C(=O)Cc1cncs1. The molecular formula is C12H19NO2S. The lowest BCUT2D eigenvalue weighted by Gasteiger charge is -2.29. The number of Topliss-reactive ketones (excluding diaryl/α,β-unsaturated/α-hetero) is 1. The van der Waals surface area contributed by atoms with Gasteiger partial charge in [-0.1, -0.05) is 13.8 Å². The van der Waals surface area contributed by atoms with Crippen LogP contribution in [0.5, 0.6) is 0 Å². The lowest BCUT2D eigenvalue weighted by Crippen LogP contribution is -2.41. The Kier molecular flexibility index (Phi) is 5.09. The van der Waals surface area contributed by atoms with Crippen LogP contribution < -0.4 is 0 Å². The zero-order valence-electron chi connectivity index (χ0n) is 10.2. The standard InChI is InChI=1S/C12H19NO2S/c1-4-12(5-2,15-6-3)11(14)7-10-8-13-9-16-10/h8-9H,4-7H2,1-3H3. The van der Waals surface area contributed by atoms with Crippen molar-refractivity contribution in [2.75, 3.05) is 6.61 Å². The fourth-order valence-corrected chi connectivity index (χ4v) is 2.45. The van der Waals surface area contributed by atoms with Crippen LogP contribution in [0.15, 0.2) is 11.7 Å². The van der Waals surface area contributed by atoms with Crippen molar-refractivity contribution in [3.8, 4) is 0 Å². The summed E-state index contributed by atoms with van der Waals surface area (Å²) in [6.45, 7) is 6.52. The first-order valence-electron chi connectivity index (χ1n) is 5.73. The molecule has 0 saturated heterocycles. The van der Waals surface area contributed by atoms with E-state index in [1.807, 2.05) is 20.8 Å². The van der Waals surface area contributed by atoms with E-state index in [4.69, 9.17) is 4.74 Å². The molecule has 3 nitrogen and oxygen atoms in total. The third-order valence-electron chi connectivity index (χ3n) is 2.89. The second-order valence-corrected chi connectivity index (χ2v) is 4.67. The van der Waals surface area contributed by atoms with Crippen LogP contribution in [0.2, 0.25) is 0 Å². The van der Waals surface area contributed by atoms with Crippen LogP contribution in [-0.4, -0.2) is 23.0 Å². The molecule has 0 fully saturated rings. The van der Waals surface area contributed by atoms with E-state index in [9.17, 15) is 4.79 Å². The van der Waals surface area contributed by atoms with E-state index in [2.05, 4.69) is 4.98 Å². The smallest absolute Gasteiger partial charge is 0.169 e. The number of carbonyl (C=O) groups excluding carboxylic acids is 1. The third kappa shape index (κ3) is 2.89. The quantitative estimate of drug-likeness (QED) is 0.737. The summed E-state index contributed by atoms with van der Waals surface area (Å²) in [6.07, 6.45) is 3.65. The molecule has 0 bridgehead atoms. The van der Waals surface area contributed by atoms with E-state index in [-0.39, 0.29) is 5.78 Å². The second-order valence-electron chi connectivity index (χ2n) is 3.70. The van der Waals surface area contributed by atoms with Crippen molar-refractivity contribution >= 4 is 17.1 Å². The monoisotopic (exact) mass is 241 g/mol. The highest BCUT2D eigenvalue weighted by molar-refractivity contribution is 7.09. The minimum Gasteiger partial charge on any atom is -0.368 e. The van der Waals surface area contributed by atoms with E-state index >= 15 is 0 Å². The van der Waals surface area contributed by atoms with Crippen molar-refractivity contribution in [2.45, 2.75) is 45.6 Å². The molecule has 0 N–H and O–H groups in total. The number of nitrogens with zero attached hydrogens (tertiary/aromatic N) is 1. The molecular weight excluding hydrogens is 222 g/mol. The molecule has 0 aliphatic carbocycles. The Morgan fingerprint density at radius 1 is 1.44 bits per heavy atom. The number of ether oxygens (including phenoxy) is 1. The van der Waals surface area contributed by atoms with Crippen molar-refractivity contribution in [2.24, 2.45) is 0 Å². The summed E-state index contributed by atoms with van der Waals surface area (Å²) < 4.78 is 5.67. The van der Waals surface area contributed by atoms with Gasteiger partial charge in [-0.05, 0) is 19.8 Å². The molecule has 0 aliphatic heterocycles. The molecule has 0 spiro atoms. The topological polar surface area (TPSA) is 39.2 Å². The highest BCUT2D eigenvalue weighted by atomic mass is 32.1. The molecule has 1 aromatic heterocycles. The number of carbonyl (C=O) groups is 1. The van der Waals surface area contributed by atoms with Gasteiger partial charge in [-0.3, -0.25) is 9.78 Å². The molecule has 0 unspecified atom stereocenters. The number of rotatable bonds is 7. The fourth-order valence-electron chi connectivity index (χ4n) is 1.85. The average molecular weight is 241 g/mol. The third-order valence-corrected chi connectivity index (χ3v) is 3.67. The summed E-state index contributed by atoms with van der Waals surface area (Å²) in [5, 5.41) is 0. The predicted octanol–water partition coefficient (Wildman–Crippen LogP) is 2.85. The highest BCUT2D eigenvalue weighted by Crippen LogP contribution is 2.24. The van der Waals surface area contributed by atoms with Crippen LogP contribution in [0, 0.1) is 0 Å². The number of thiazole rings is 1. The molecule has 0 atom stereocenters. The lowest BCUT2D eigenvalue weighted by atomic mass is 9.89. The fraction of sp³-hybridized carbons (Fsp3) is 0.667. The molecule has 0 aliphatic rings. The van der Waals surface area contributed by atoms with Crippen LogP contribution in [0.1, 0.15) is 38.5 Å². The Hall–Kier alpha value is -0.740. The average Bonchev–Trinajstić information content (AvgIpc) is 2.78. The van der Waals surface area contributed by atoms with Crippen molar-refractivity contribution in [1.29, 1.82) is 0 Å². The summed E-state index contributed by atoms with van der Waals surface area (Å²) in [5.74, 6) is 0.170. The van der Waals surface area contributed by atoms with Crippen LogP contribution in [-0.2, 0) is 16.0 Å². The van der Waals surface area contributed by atoms with E-state index in [1.54, 1.807) is 11.7 Å². The van der Waals surface area contributed by atoms with Gasteiger partial charge in [-0.2, -0.15) is 0 Å². The number of hydrogen-bond donors (Lipinski definition) is 0. The first-order chi connectivity index (χ1) is 7.68. The van der Waals surface area contributed by atoms with Crippen molar-refractivity contribution in [3.63, 3.8) is 0 Å². The molecule has 0 saturated carbocycles. The molecule has 0 amide bonds. The maximum Gasteiger partial charge on any atom is 0.169 e. The van der Waals surface area contributed by atoms with Crippen LogP contribution in [0.25, 0.3) is 0 Å². The summed E-state index contributed by atoms with van der Waals surface area (Å²) >= 11 is 1.52. The Morgan fingerprint density at radius 2 is 2.12 bits per heavy atom. The number of ketones is 1. The molecule has 90 valence electrons. The van der Waals surface area contributed by atoms with Gasteiger partial charge in [0.1, 0.15) is 5.60 Å². The molecule has 4 heteroatoms. The van der Waals surface area contributed by atoms with Gasteiger partial charge in [0.25, 0.3) is 0 Å². The second kappa shape index (κ2) is 6.11. The van der Waals surface area contributed by atoms with E-state index in [0.29, 0.717) is 13.0 Å². The van der Waals surface area contributed by atoms with Crippen LogP contribution in [0.4, 0.5) is 0 Å². The zero-order valence-corrected chi connectivity index (χ0v) is 11.0. The Balaban J connectivity index is 2.74. The predicted molar refractivity (Wildman–Crippen MR) is 65.8 cm³/mol.